The molecule has 0 spiro atoms. The van der Waals surface area contributed by atoms with Crippen LogP contribution < -0.4 is 0 Å². The van der Waals surface area contributed by atoms with Crippen molar-refractivity contribution in [1.29, 1.82) is 0 Å². The molecule has 0 saturated carbocycles. The SMILES string of the molecule is CCOC(=O)CN(Cc1ccccc1)Cc1cnccn1. The molecule has 0 bridgehead atoms. The van der Waals surface area contributed by atoms with Crippen LogP contribution >= 0.6 is 0 Å². The van der Waals surface area contributed by atoms with Gasteiger partial charge in [0.2, 0.25) is 0 Å². The minimum atomic E-state index is -0.225. The van der Waals surface area contributed by atoms with Gasteiger partial charge in [-0.1, -0.05) is 30.3 Å². The van der Waals surface area contributed by atoms with E-state index in [4.69, 9.17) is 4.74 Å². The molecule has 0 aliphatic carbocycles. The molecule has 0 radical (unpaired) electrons. The number of nitrogens with zero attached hydrogens (tertiary/aromatic N) is 3. The number of hydrogen-bond donors (Lipinski definition) is 0. The van der Waals surface area contributed by atoms with E-state index in [2.05, 4.69) is 9.97 Å². The summed E-state index contributed by atoms with van der Waals surface area (Å²) in [6.45, 7) is 3.66. The second-order valence-corrected chi connectivity index (χ2v) is 4.63. The molecule has 110 valence electrons. The zero-order chi connectivity index (χ0) is 14.9. The minimum absolute atomic E-state index is 0.225. The van der Waals surface area contributed by atoms with E-state index >= 15 is 0 Å². The number of hydrogen-bond acceptors (Lipinski definition) is 5. The fourth-order valence-corrected chi connectivity index (χ4v) is 2.04. The van der Waals surface area contributed by atoms with E-state index in [1.807, 2.05) is 42.2 Å². The normalized spacial score (nSPS) is 10.6. The van der Waals surface area contributed by atoms with Crippen molar-refractivity contribution in [3.8, 4) is 0 Å². The second-order valence-electron chi connectivity index (χ2n) is 4.63. The van der Waals surface area contributed by atoms with Gasteiger partial charge in [0.25, 0.3) is 0 Å². The van der Waals surface area contributed by atoms with E-state index < -0.39 is 0 Å². The van der Waals surface area contributed by atoms with Crippen molar-refractivity contribution in [2.45, 2.75) is 20.0 Å². The standard InChI is InChI=1S/C16H19N3O2/c1-2-21-16(20)13-19(11-14-6-4-3-5-7-14)12-15-10-17-8-9-18-15/h3-10H,2,11-13H2,1H3. The van der Waals surface area contributed by atoms with Crippen LogP contribution in [0.15, 0.2) is 48.9 Å². The third kappa shape index (κ3) is 5.31. The van der Waals surface area contributed by atoms with Crippen LogP contribution in [0.1, 0.15) is 18.2 Å². The van der Waals surface area contributed by atoms with Gasteiger partial charge in [-0.2, -0.15) is 0 Å². The number of carbonyl (C=O) groups excluding carboxylic acids is 1. The molecule has 1 aromatic carbocycles. The van der Waals surface area contributed by atoms with Crippen LogP contribution in [-0.4, -0.2) is 34.0 Å². The summed E-state index contributed by atoms with van der Waals surface area (Å²) in [4.78, 5) is 22.0. The van der Waals surface area contributed by atoms with Gasteiger partial charge in [-0.15, -0.1) is 0 Å². The number of carbonyl (C=O) groups is 1. The summed E-state index contributed by atoms with van der Waals surface area (Å²) in [6.07, 6.45) is 5.00. The van der Waals surface area contributed by atoms with Gasteiger partial charge in [-0.3, -0.25) is 19.7 Å². The van der Waals surface area contributed by atoms with E-state index in [9.17, 15) is 4.79 Å². The Morgan fingerprint density at radius 1 is 1.19 bits per heavy atom. The van der Waals surface area contributed by atoms with Gasteiger partial charge in [0.1, 0.15) is 0 Å². The maximum atomic E-state index is 11.7. The summed E-state index contributed by atoms with van der Waals surface area (Å²) in [5, 5.41) is 0. The van der Waals surface area contributed by atoms with Crippen molar-refractivity contribution in [2.75, 3.05) is 13.2 Å². The average molecular weight is 285 g/mol. The quantitative estimate of drug-likeness (QED) is 0.729. The van der Waals surface area contributed by atoms with E-state index in [-0.39, 0.29) is 12.5 Å². The molecule has 0 aliphatic heterocycles. The average Bonchev–Trinajstić information content (AvgIpc) is 2.49. The Kier molecular flexibility index (Phi) is 5.84. The first-order valence-corrected chi connectivity index (χ1v) is 6.94. The summed E-state index contributed by atoms with van der Waals surface area (Å²) in [6, 6.07) is 10.0. The summed E-state index contributed by atoms with van der Waals surface area (Å²) in [5.41, 5.74) is 1.98. The Bertz CT molecular complexity index is 504. The summed E-state index contributed by atoms with van der Waals surface area (Å²) in [5.74, 6) is -0.225. The van der Waals surface area contributed by atoms with Crippen LogP contribution in [0.25, 0.3) is 0 Å². The minimum Gasteiger partial charge on any atom is -0.465 e. The van der Waals surface area contributed by atoms with Crippen LogP contribution in [0.4, 0.5) is 0 Å². The monoisotopic (exact) mass is 285 g/mol. The lowest BCUT2D eigenvalue weighted by Crippen LogP contribution is -2.30. The molecule has 5 nitrogen and oxygen atoms in total. The maximum absolute atomic E-state index is 11.7. The number of benzene rings is 1. The molecule has 0 unspecified atom stereocenters. The second kappa shape index (κ2) is 8.11. The lowest BCUT2D eigenvalue weighted by atomic mass is 10.2. The van der Waals surface area contributed by atoms with Crippen LogP contribution in [0.3, 0.4) is 0 Å². The van der Waals surface area contributed by atoms with E-state index in [0.29, 0.717) is 19.7 Å². The number of esters is 1. The highest BCUT2D eigenvalue weighted by Crippen LogP contribution is 2.08. The Morgan fingerprint density at radius 3 is 2.67 bits per heavy atom. The first-order valence-electron chi connectivity index (χ1n) is 6.94. The molecule has 0 N–H and O–H groups in total. The molecule has 0 saturated heterocycles. The number of ether oxygens (including phenoxy) is 1. The predicted octanol–water partition coefficient (Wildman–Crippen LogP) is 2.04. The number of aromatic nitrogens is 2. The molecule has 0 aliphatic rings. The summed E-state index contributed by atoms with van der Waals surface area (Å²) >= 11 is 0. The van der Waals surface area contributed by atoms with E-state index in [0.717, 1.165) is 11.3 Å². The van der Waals surface area contributed by atoms with Crippen molar-refractivity contribution >= 4 is 5.97 Å². The van der Waals surface area contributed by atoms with Crippen molar-refractivity contribution in [3.63, 3.8) is 0 Å². The van der Waals surface area contributed by atoms with Crippen molar-refractivity contribution in [1.82, 2.24) is 14.9 Å². The highest BCUT2D eigenvalue weighted by molar-refractivity contribution is 5.71. The van der Waals surface area contributed by atoms with Crippen molar-refractivity contribution in [3.05, 3.63) is 60.2 Å². The van der Waals surface area contributed by atoms with Crippen LogP contribution in [-0.2, 0) is 22.6 Å². The number of rotatable bonds is 7. The highest BCUT2D eigenvalue weighted by atomic mass is 16.5. The maximum Gasteiger partial charge on any atom is 0.320 e. The fraction of sp³-hybridized carbons (Fsp3) is 0.312. The fourth-order valence-electron chi connectivity index (χ4n) is 2.04. The Hall–Kier alpha value is -2.27. The van der Waals surface area contributed by atoms with Crippen LogP contribution in [0, 0.1) is 0 Å². The first kappa shape index (κ1) is 15.1. The van der Waals surface area contributed by atoms with Crippen LogP contribution in [0.5, 0.6) is 0 Å². The van der Waals surface area contributed by atoms with Gasteiger partial charge in [-0.05, 0) is 12.5 Å². The van der Waals surface area contributed by atoms with E-state index in [1.165, 1.54) is 0 Å². The van der Waals surface area contributed by atoms with Crippen molar-refractivity contribution < 1.29 is 9.53 Å². The summed E-state index contributed by atoms with van der Waals surface area (Å²) < 4.78 is 5.03. The zero-order valence-corrected chi connectivity index (χ0v) is 12.1. The van der Waals surface area contributed by atoms with Gasteiger partial charge in [0.15, 0.2) is 0 Å². The molecule has 0 amide bonds. The van der Waals surface area contributed by atoms with Gasteiger partial charge in [-0.25, -0.2) is 0 Å². The van der Waals surface area contributed by atoms with Crippen molar-refractivity contribution in [2.24, 2.45) is 0 Å². The Morgan fingerprint density at radius 2 is 2.00 bits per heavy atom. The smallest absolute Gasteiger partial charge is 0.320 e. The lowest BCUT2D eigenvalue weighted by Gasteiger charge is -2.20. The molecule has 0 atom stereocenters. The largest absolute Gasteiger partial charge is 0.465 e. The molecular weight excluding hydrogens is 266 g/mol. The molecule has 1 aromatic heterocycles. The molecule has 5 heteroatoms. The topological polar surface area (TPSA) is 55.3 Å². The molecule has 2 aromatic rings. The lowest BCUT2D eigenvalue weighted by molar-refractivity contribution is -0.144. The Balaban J connectivity index is 2.04. The van der Waals surface area contributed by atoms with Gasteiger partial charge >= 0.3 is 5.97 Å². The molecule has 2 rings (SSSR count). The van der Waals surface area contributed by atoms with E-state index in [1.54, 1.807) is 18.6 Å². The molecule has 21 heavy (non-hydrogen) atoms. The van der Waals surface area contributed by atoms with Gasteiger partial charge in [0.05, 0.1) is 18.8 Å². The molecule has 1 heterocycles. The predicted molar refractivity (Wildman–Crippen MR) is 79.2 cm³/mol. The third-order valence-corrected chi connectivity index (χ3v) is 2.91. The third-order valence-electron chi connectivity index (χ3n) is 2.91. The highest BCUT2D eigenvalue weighted by Gasteiger charge is 2.13. The Labute approximate surface area is 124 Å². The zero-order valence-electron chi connectivity index (χ0n) is 12.1. The molecular formula is C16H19N3O2. The first-order chi connectivity index (χ1) is 10.3. The van der Waals surface area contributed by atoms with Gasteiger partial charge < -0.3 is 4.74 Å². The molecule has 0 fully saturated rings. The summed E-state index contributed by atoms with van der Waals surface area (Å²) in [7, 11) is 0. The van der Waals surface area contributed by atoms with Crippen LogP contribution in [0.2, 0.25) is 0 Å². The van der Waals surface area contributed by atoms with Gasteiger partial charge in [0, 0.05) is 31.7 Å².